The first-order valence-electron chi connectivity index (χ1n) is 7.62. The van der Waals surface area contributed by atoms with Crippen molar-refractivity contribution in [1.29, 1.82) is 0 Å². The molecule has 0 saturated heterocycles. The van der Waals surface area contributed by atoms with Crippen LogP contribution in [0.15, 0.2) is 0 Å². The minimum absolute atomic E-state index is 0.0364. The molecule has 1 rings (SSSR count). The number of hydrogen-bond acceptors (Lipinski definition) is 3. The highest BCUT2D eigenvalue weighted by atomic mass is 16.2. The highest BCUT2D eigenvalue weighted by Gasteiger charge is 2.34. The Labute approximate surface area is 122 Å². The highest BCUT2D eigenvalue weighted by molar-refractivity contribution is 5.84. The van der Waals surface area contributed by atoms with Gasteiger partial charge >= 0.3 is 0 Å². The van der Waals surface area contributed by atoms with E-state index in [0.29, 0.717) is 19.5 Å². The van der Waals surface area contributed by atoms with Gasteiger partial charge in [0.1, 0.15) is 0 Å². The summed E-state index contributed by atoms with van der Waals surface area (Å²) in [6.07, 6.45) is 6.12. The molecule has 0 bridgehead atoms. The Hall–Kier alpha value is -1.10. The molecular formula is C15H29N3O2. The molecule has 0 aromatic carbocycles. The lowest BCUT2D eigenvalue weighted by atomic mass is 9.71. The van der Waals surface area contributed by atoms with Gasteiger partial charge in [-0.2, -0.15) is 0 Å². The minimum atomic E-state index is -0.0378. The van der Waals surface area contributed by atoms with Crippen LogP contribution in [-0.4, -0.2) is 55.3 Å². The fraction of sp³-hybridized carbons (Fsp3) is 0.867. The van der Waals surface area contributed by atoms with Gasteiger partial charge < -0.3 is 15.5 Å². The number of rotatable bonds is 6. The largest absolute Gasteiger partial charge is 0.347 e. The van der Waals surface area contributed by atoms with Gasteiger partial charge in [-0.15, -0.1) is 0 Å². The van der Waals surface area contributed by atoms with Gasteiger partial charge in [0.25, 0.3) is 0 Å². The van der Waals surface area contributed by atoms with Crippen LogP contribution in [0.25, 0.3) is 0 Å². The number of nitrogens with two attached hydrogens (primary N) is 1. The van der Waals surface area contributed by atoms with Crippen molar-refractivity contribution in [3.8, 4) is 0 Å². The quantitative estimate of drug-likeness (QED) is 0.797. The van der Waals surface area contributed by atoms with Crippen LogP contribution < -0.4 is 5.73 Å². The van der Waals surface area contributed by atoms with E-state index in [1.807, 2.05) is 6.92 Å². The van der Waals surface area contributed by atoms with E-state index in [1.165, 1.54) is 11.3 Å². The van der Waals surface area contributed by atoms with Crippen molar-refractivity contribution < 1.29 is 9.59 Å². The van der Waals surface area contributed by atoms with Gasteiger partial charge in [0.2, 0.25) is 11.8 Å². The van der Waals surface area contributed by atoms with Crippen LogP contribution in [0, 0.1) is 5.41 Å². The maximum absolute atomic E-state index is 12.5. The van der Waals surface area contributed by atoms with Gasteiger partial charge in [-0.3, -0.25) is 9.59 Å². The Balaban J connectivity index is 2.63. The van der Waals surface area contributed by atoms with Crippen LogP contribution in [0.1, 0.15) is 45.4 Å². The molecule has 20 heavy (non-hydrogen) atoms. The zero-order valence-corrected chi connectivity index (χ0v) is 13.2. The lowest BCUT2D eigenvalue weighted by molar-refractivity contribution is -0.140. The van der Waals surface area contributed by atoms with Crippen molar-refractivity contribution in [1.82, 2.24) is 9.80 Å². The molecule has 0 aliphatic heterocycles. The molecule has 0 unspecified atom stereocenters. The van der Waals surface area contributed by atoms with Crippen LogP contribution in [0.2, 0.25) is 0 Å². The molecule has 116 valence electrons. The predicted octanol–water partition coefficient (Wildman–Crippen LogP) is 1.22. The van der Waals surface area contributed by atoms with Crippen molar-refractivity contribution in [2.75, 3.05) is 33.7 Å². The van der Waals surface area contributed by atoms with Crippen LogP contribution in [-0.2, 0) is 9.59 Å². The number of carbonyl (C=O) groups excluding carboxylic acids is 2. The highest BCUT2D eigenvalue weighted by Crippen LogP contribution is 2.38. The molecule has 0 aromatic heterocycles. The molecule has 0 spiro atoms. The fourth-order valence-electron chi connectivity index (χ4n) is 2.87. The molecule has 0 heterocycles. The summed E-state index contributed by atoms with van der Waals surface area (Å²) >= 11 is 0. The Kier molecular flexibility index (Phi) is 6.46. The van der Waals surface area contributed by atoms with Crippen molar-refractivity contribution in [2.24, 2.45) is 11.1 Å². The second-order valence-electron chi connectivity index (χ2n) is 6.14. The summed E-state index contributed by atoms with van der Waals surface area (Å²) in [6.45, 7) is 3.22. The Morgan fingerprint density at radius 1 is 1.10 bits per heavy atom. The molecule has 1 aliphatic carbocycles. The molecule has 1 saturated carbocycles. The predicted molar refractivity (Wildman–Crippen MR) is 80.1 cm³/mol. The van der Waals surface area contributed by atoms with Gasteiger partial charge in [0, 0.05) is 27.1 Å². The van der Waals surface area contributed by atoms with Crippen LogP contribution >= 0.6 is 0 Å². The Morgan fingerprint density at radius 2 is 1.70 bits per heavy atom. The Morgan fingerprint density at radius 3 is 2.15 bits per heavy atom. The summed E-state index contributed by atoms with van der Waals surface area (Å²) in [5, 5.41) is 0. The third-order valence-electron chi connectivity index (χ3n) is 4.43. The van der Waals surface area contributed by atoms with E-state index in [9.17, 15) is 9.59 Å². The van der Waals surface area contributed by atoms with Gasteiger partial charge in [0.05, 0.1) is 6.54 Å². The first-order chi connectivity index (χ1) is 9.44. The molecule has 0 atom stereocenters. The number of likely N-dealkylation sites (N-methyl/N-ethyl adjacent to an activating group) is 2. The molecular weight excluding hydrogens is 254 g/mol. The van der Waals surface area contributed by atoms with Crippen molar-refractivity contribution >= 4 is 11.8 Å². The summed E-state index contributed by atoms with van der Waals surface area (Å²) in [5.41, 5.74) is 5.89. The molecule has 0 aromatic rings. The smallest absolute Gasteiger partial charge is 0.241 e. The molecule has 2 N–H and O–H groups in total. The topological polar surface area (TPSA) is 66.6 Å². The normalized spacial score (nSPS) is 17.6. The maximum atomic E-state index is 12.5. The Bertz CT molecular complexity index is 336. The minimum Gasteiger partial charge on any atom is -0.347 e. The van der Waals surface area contributed by atoms with Crippen LogP contribution in [0.5, 0.6) is 0 Å². The molecule has 1 aliphatic rings. The second kappa shape index (κ2) is 7.62. The third kappa shape index (κ3) is 4.47. The summed E-state index contributed by atoms with van der Waals surface area (Å²) < 4.78 is 0. The van der Waals surface area contributed by atoms with E-state index in [0.717, 1.165) is 25.7 Å². The third-order valence-corrected chi connectivity index (χ3v) is 4.43. The first kappa shape index (κ1) is 17.0. The molecule has 5 nitrogen and oxygen atoms in total. The summed E-state index contributed by atoms with van der Waals surface area (Å²) in [5.74, 6) is 0.0284. The second-order valence-corrected chi connectivity index (χ2v) is 6.14. The van der Waals surface area contributed by atoms with E-state index >= 15 is 0 Å². The average molecular weight is 283 g/mol. The van der Waals surface area contributed by atoms with E-state index in [1.54, 1.807) is 19.0 Å². The van der Waals surface area contributed by atoms with E-state index in [2.05, 4.69) is 0 Å². The zero-order valence-electron chi connectivity index (χ0n) is 13.2. The van der Waals surface area contributed by atoms with Gasteiger partial charge in [-0.1, -0.05) is 19.3 Å². The van der Waals surface area contributed by atoms with Crippen molar-refractivity contribution in [3.63, 3.8) is 0 Å². The number of hydrogen-bond donors (Lipinski definition) is 1. The van der Waals surface area contributed by atoms with E-state index < -0.39 is 0 Å². The average Bonchev–Trinajstić information content (AvgIpc) is 2.45. The van der Waals surface area contributed by atoms with Gasteiger partial charge in [-0.25, -0.2) is 0 Å². The molecule has 5 heteroatoms. The summed E-state index contributed by atoms with van der Waals surface area (Å²) in [6, 6.07) is 0. The van der Waals surface area contributed by atoms with E-state index in [4.69, 9.17) is 5.73 Å². The van der Waals surface area contributed by atoms with Gasteiger partial charge in [-0.05, 0) is 31.7 Å². The van der Waals surface area contributed by atoms with Crippen LogP contribution in [0.3, 0.4) is 0 Å². The van der Waals surface area contributed by atoms with E-state index in [-0.39, 0.29) is 23.8 Å². The molecule has 1 fully saturated rings. The standard InChI is InChI=1S/C15H29N3O2/c1-4-18(11-14(20)17(2)3)13(19)10-15(12-16)8-6-5-7-9-15/h4-12,16H2,1-3H3. The van der Waals surface area contributed by atoms with Crippen LogP contribution in [0.4, 0.5) is 0 Å². The maximum Gasteiger partial charge on any atom is 0.241 e. The lowest BCUT2D eigenvalue weighted by Crippen LogP contribution is -2.44. The number of nitrogens with zero attached hydrogens (tertiary/aromatic N) is 2. The monoisotopic (exact) mass is 283 g/mol. The van der Waals surface area contributed by atoms with Crippen molar-refractivity contribution in [2.45, 2.75) is 45.4 Å². The zero-order chi connectivity index (χ0) is 15.2. The summed E-state index contributed by atoms with van der Waals surface area (Å²) in [4.78, 5) is 27.4. The lowest BCUT2D eigenvalue weighted by Gasteiger charge is -2.37. The molecule has 0 radical (unpaired) electrons. The SMILES string of the molecule is CCN(CC(=O)N(C)C)C(=O)CC1(CN)CCCCC1. The number of amides is 2. The molecule has 2 amide bonds. The first-order valence-corrected chi connectivity index (χ1v) is 7.62. The number of carbonyl (C=O) groups is 2. The summed E-state index contributed by atoms with van der Waals surface area (Å²) in [7, 11) is 3.42. The van der Waals surface area contributed by atoms with Crippen molar-refractivity contribution in [3.05, 3.63) is 0 Å². The van der Waals surface area contributed by atoms with Gasteiger partial charge in [0.15, 0.2) is 0 Å². The fourth-order valence-corrected chi connectivity index (χ4v) is 2.87.